The Labute approximate surface area is 365 Å². The summed E-state index contributed by atoms with van der Waals surface area (Å²) in [4.78, 5) is 12.4. The van der Waals surface area contributed by atoms with Crippen LogP contribution in [0.2, 0.25) is 0 Å². The molecule has 0 aliphatic rings. The summed E-state index contributed by atoms with van der Waals surface area (Å²) in [6, 6.07) is -0.672. The molecule has 1 amide bonds. The molecule has 4 heteroatoms. The standard InChI is InChI=1S/C55H91NO3/c1-3-5-7-9-11-13-15-17-19-21-23-25-26-27-28-29-30-31-33-35-37-39-41-43-45-47-49-51-55(59)56-53(52-57)54(58)50-48-46-44-42-40-38-36-34-32-24-22-20-18-16-14-12-10-8-6-4-2/h5,7,11,13,17,19,23,25,27-28,30-31,35,37,40-43,48,50,53-54,57-58H,3-4,6,8-10,12,14-16,18,20-22,24,26,29,32-34,36,38-39,44-47,49,51-52H2,1-2H3,(H,56,59)/b7-5-,13-11-,19-17-,25-23-,28-27-,31-30-,37-35-,42-40+,43-41-,50-48+. The first-order chi connectivity index (χ1) is 29.2. The molecule has 0 aliphatic heterocycles. The van der Waals surface area contributed by atoms with Crippen molar-refractivity contribution in [3.63, 3.8) is 0 Å². The fourth-order valence-corrected chi connectivity index (χ4v) is 6.50. The fraction of sp³-hybridized carbons (Fsp3) is 0.618. The van der Waals surface area contributed by atoms with Gasteiger partial charge in [-0.15, -0.1) is 0 Å². The van der Waals surface area contributed by atoms with E-state index in [4.69, 9.17) is 0 Å². The quantitative estimate of drug-likeness (QED) is 0.0425. The number of allylic oxidation sites excluding steroid dienone is 19. The molecule has 0 heterocycles. The van der Waals surface area contributed by atoms with Gasteiger partial charge in [0.05, 0.1) is 18.8 Å². The number of unbranched alkanes of at least 4 members (excludes halogenated alkanes) is 17. The maximum absolute atomic E-state index is 12.4. The second-order valence-electron chi connectivity index (χ2n) is 15.8. The minimum absolute atomic E-state index is 0.121. The van der Waals surface area contributed by atoms with Gasteiger partial charge in [0.2, 0.25) is 5.91 Å². The van der Waals surface area contributed by atoms with Crippen molar-refractivity contribution in [2.24, 2.45) is 0 Å². The predicted molar refractivity (Wildman–Crippen MR) is 262 cm³/mol. The second-order valence-corrected chi connectivity index (χ2v) is 15.8. The molecule has 4 nitrogen and oxygen atoms in total. The van der Waals surface area contributed by atoms with Crippen LogP contribution in [0.5, 0.6) is 0 Å². The third kappa shape index (κ3) is 45.7. The predicted octanol–water partition coefficient (Wildman–Crippen LogP) is 15.7. The number of nitrogens with one attached hydrogen (secondary N) is 1. The number of carbonyl (C=O) groups excluding carboxylic acids is 1. The Kier molecular flexibility index (Phi) is 46.5. The number of rotatable bonds is 42. The molecule has 0 saturated heterocycles. The van der Waals surface area contributed by atoms with Gasteiger partial charge in [-0.05, 0) is 96.3 Å². The molecule has 59 heavy (non-hydrogen) atoms. The van der Waals surface area contributed by atoms with Gasteiger partial charge in [-0.2, -0.15) is 0 Å². The molecule has 2 unspecified atom stereocenters. The molecule has 0 bridgehead atoms. The van der Waals surface area contributed by atoms with Crippen LogP contribution in [0.4, 0.5) is 0 Å². The van der Waals surface area contributed by atoms with Gasteiger partial charge in [-0.3, -0.25) is 4.79 Å². The zero-order valence-corrected chi connectivity index (χ0v) is 38.2. The molecular formula is C55H91NO3. The Bertz CT molecular complexity index is 1200. The van der Waals surface area contributed by atoms with Crippen LogP contribution in [0.1, 0.15) is 200 Å². The SMILES string of the molecule is CC/C=C\C/C=C\C/C=C\C/C=C\C/C=C\C/C=C\C/C=C\C/C=C\CCCCC(=O)NC(CO)C(O)/C=C/CC/C=C/CCCCCCCCCCCCCCCC. The minimum Gasteiger partial charge on any atom is -0.394 e. The van der Waals surface area contributed by atoms with Gasteiger partial charge >= 0.3 is 0 Å². The van der Waals surface area contributed by atoms with Crippen molar-refractivity contribution in [1.82, 2.24) is 5.32 Å². The lowest BCUT2D eigenvalue weighted by Gasteiger charge is -2.19. The van der Waals surface area contributed by atoms with Crippen molar-refractivity contribution in [2.45, 2.75) is 212 Å². The largest absolute Gasteiger partial charge is 0.394 e. The van der Waals surface area contributed by atoms with Crippen molar-refractivity contribution >= 4 is 5.91 Å². The van der Waals surface area contributed by atoms with E-state index >= 15 is 0 Å². The smallest absolute Gasteiger partial charge is 0.220 e. The molecule has 0 rings (SSSR count). The first-order valence-electron chi connectivity index (χ1n) is 24.2. The third-order valence-electron chi connectivity index (χ3n) is 10.2. The number of hydrogen-bond donors (Lipinski definition) is 3. The Balaban J connectivity index is 3.76. The van der Waals surface area contributed by atoms with E-state index in [0.29, 0.717) is 6.42 Å². The highest BCUT2D eigenvalue weighted by Crippen LogP contribution is 2.14. The maximum atomic E-state index is 12.4. The Morgan fingerprint density at radius 2 is 0.763 bits per heavy atom. The molecule has 0 aliphatic carbocycles. The first kappa shape index (κ1) is 55.8. The molecule has 0 aromatic heterocycles. The van der Waals surface area contributed by atoms with Crippen LogP contribution in [0, 0.1) is 0 Å². The van der Waals surface area contributed by atoms with E-state index in [1.54, 1.807) is 6.08 Å². The van der Waals surface area contributed by atoms with E-state index in [0.717, 1.165) is 89.9 Å². The Morgan fingerprint density at radius 1 is 0.424 bits per heavy atom. The molecule has 334 valence electrons. The van der Waals surface area contributed by atoms with Crippen LogP contribution in [0.25, 0.3) is 0 Å². The van der Waals surface area contributed by atoms with E-state index in [-0.39, 0.29) is 12.5 Å². The summed E-state index contributed by atoms with van der Waals surface area (Å²) < 4.78 is 0. The number of aliphatic hydroxyl groups is 2. The Morgan fingerprint density at radius 3 is 1.19 bits per heavy atom. The zero-order chi connectivity index (χ0) is 42.8. The highest BCUT2D eigenvalue weighted by atomic mass is 16.3. The first-order valence-corrected chi connectivity index (χ1v) is 24.2. The van der Waals surface area contributed by atoms with Gasteiger partial charge in [-0.25, -0.2) is 0 Å². The molecule has 0 aromatic carbocycles. The molecule has 0 radical (unpaired) electrons. The van der Waals surface area contributed by atoms with Crippen LogP contribution in [-0.2, 0) is 4.79 Å². The summed E-state index contributed by atoms with van der Waals surface area (Å²) in [5.74, 6) is -0.121. The Hall–Kier alpha value is -3.21. The molecule has 0 aromatic rings. The molecule has 3 N–H and O–H groups in total. The number of carbonyl (C=O) groups is 1. The maximum Gasteiger partial charge on any atom is 0.220 e. The summed E-state index contributed by atoms with van der Waals surface area (Å²) in [5.41, 5.74) is 0. The summed E-state index contributed by atoms with van der Waals surface area (Å²) in [5, 5.41) is 23.0. The van der Waals surface area contributed by atoms with Crippen molar-refractivity contribution in [3.05, 3.63) is 122 Å². The highest BCUT2D eigenvalue weighted by molar-refractivity contribution is 5.76. The summed E-state index contributed by atoms with van der Waals surface area (Å²) >= 11 is 0. The third-order valence-corrected chi connectivity index (χ3v) is 10.2. The summed E-state index contributed by atoms with van der Waals surface area (Å²) in [7, 11) is 0. The summed E-state index contributed by atoms with van der Waals surface area (Å²) in [6.07, 6.45) is 76.0. The average Bonchev–Trinajstić information content (AvgIpc) is 3.24. The molecule has 0 saturated carbocycles. The summed E-state index contributed by atoms with van der Waals surface area (Å²) in [6.45, 7) is 4.16. The van der Waals surface area contributed by atoms with E-state index in [9.17, 15) is 15.0 Å². The van der Waals surface area contributed by atoms with Crippen molar-refractivity contribution in [3.8, 4) is 0 Å². The van der Waals surface area contributed by atoms with Crippen molar-refractivity contribution in [2.75, 3.05) is 6.61 Å². The van der Waals surface area contributed by atoms with Crippen LogP contribution in [0.15, 0.2) is 122 Å². The topological polar surface area (TPSA) is 69.6 Å². The van der Waals surface area contributed by atoms with Gasteiger partial charge in [-0.1, -0.05) is 219 Å². The van der Waals surface area contributed by atoms with Gasteiger partial charge in [0, 0.05) is 6.42 Å². The van der Waals surface area contributed by atoms with Gasteiger partial charge < -0.3 is 15.5 Å². The molecular weight excluding hydrogens is 723 g/mol. The van der Waals surface area contributed by atoms with Crippen molar-refractivity contribution < 1.29 is 15.0 Å². The fourth-order valence-electron chi connectivity index (χ4n) is 6.50. The molecule has 2 atom stereocenters. The van der Waals surface area contributed by atoms with Gasteiger partial charge in [0.1, 0.15) is 0 Å². The molecule has 0 spiro atoms. The van der Waals surface area contributed by atoms with Crippen LogP contribution < -0.4 is 5.32 Å². The van der Waals surface area contributed by atoms with E-state index in [1.807, 2.05) is 6.08 Å². The van der Waals surface area contributed by atoms with Gasteiger partial charge in [0.25, 0.3) is 0 Å². The monoisotopic (exact) mass is 814 g/mol. The van der Waals surface area contributed by atoms with E-state index in [2.05, 4.69) is 129 Å². The van der Waals surface area contributed by atoms with E-state index in [1.165, 1.54) is 89.9 Å². The average molecular weight is 814 g/mol. The number of amides is 1. The lowest BCUT2D eigenvalue weighted by atomic mass is 10.0. The lowest BCUT2D eigenvalue weighted by molar-refractivity contribution is -0.123. The number of aliphatic hydroxyl groups excluding tert-OH is 2. The van der Waals surface area contributed by atoms with Gasteiger partial charge in [0.15, 0.2) is 0 Å². The van der Waals surface area contributed by atoms with Crippen LogP contribution >= 0.6 is 0 Å². The lowest BCUT2D eigenvalue weighted by Crippen LogP contribution is -2.45. The zero-order valence-electron chi connectivity index (χ0n) is 38.2. The number of hydrogen-bond acceptors (Lipinski definition) is 3. The normalized spacial score (nSPS) is 14.0. The minimum atomic E-state index is -0.890. The second kappa shape index (κ2) is 49.2. The highest BCUT2D eigenvalue weighted by Gasteiger charge is 2.17. The van der Waals surface area contributed by atoms with Crippen LogP contribution in [-0.4, -0.2) is 34.9 Å². The van der Waals surface area contributed by atoms with Crippen LogP contribution in [0.3, 0.4) is 0 Å². The van der Waals surface area contributed by atoms with E-state index < -0.39 is 12.1 Å². The van der Waals surface area contributed by atoms with Crippen molar-refractivity contribution in [1.29, 1.82) is 0 Å². The molecule has 0 fully saturated rings.